The molecule has 27 heavy (non-hydrogen) atoms. The molecule has 0 saturated heterocycles. The Labute approximate surface area is 160 Å². The molecule has 0 aromatic heterocycles. The van der Waals surface area contributed by atoms with Crippen LogP contribution in [0.1, 0.15) is 22.8 Å². The highest BCUT2D eigenvalue weighted by molar-refractivity contribution is 8.00. The van der Waals surface area contributed by atoms with Gasteiger partial charge in [0, 0.05) is 21.4 Å². The van der Waals surface area contributed by atoms with Crippen LogP contribution in [0.4, 0.5) is 0 Å². The molecule has 1 aliphatic rings. The van der Waals surface area contributed by atoms with Gasteiger partial charge in [-0.25, -0.2) is 0 Å². The van der Waals surface area contributed by atoms with Crippen molar-refractivity contribution in [2.75, 3.05) is 5.75 Å². The molecule has 0 spiro atoms. The van der Waals surface area contributed by atoms with E-state index < -0.39 is 12.1 Å². The van der Waals surface area contributed by atoms with Crippen molar-refractivity contribution in [3.8, 4) is 17.2 Å². The quantitative estimate of drug-likeness (QED) is 0.386. The molecule has 1 atom stereocenters. The molecule has 0 N–H and O–H groups in total. The Balaban J connectivity index is 1.75. The van der Waals surface area contributed by atoms with Crippen molar-refractivity contribution >= 4 is 34.3 Å². The van der Waals surface area contributed by atoms with E-state index in [2.05, 4.69) is 0 Å². The molecule has 0 bridgehead atoms. The Bertz CT molecular complexity index is 1130. The Kier molecular flexibility index (Phi) is 4.43. The highest BCUT2D eigenvalue weighted by Gasteiger charge is 2.25. The number of fused-ring (bicyclic) bond motifs is 2. The van der Waals surface area contributed by atoms with E-state index in [-0.39, 0.29) is 11.5 Å². The number of carbonyl (C=O) groups excluding carboxylic acids is 2. The highest BCUT2D eigenvalue weighted by atomic mass is 32.2. The summed E-state index contributed by atoms with van der Waals surface area (Å²) in [5.74, 6) is -0.307. The number of hydrogen-bond acceptors (Lipinski definition) is 5. The SMILES string of the molecule is C[C@H](C#N)OC(=O)CSc1ccc2c3c(cccc13)C(=O)c1ccccc1-2. The van der Waals surface area contributed by atoms with Crippen molar-refractivity contribution in [3.05, 3.63) is 65.7 Å². The summed E-state index contributed by atoms with van der Waals surface area (Å²) in [6.07, 6.45) is -0.761. The van der Waals surface area contributed by atoms with Gasteiger partial charge in [-0.1, -0.05) is 48.5 Å². The van der Waals surface area contributed by atoms with Crippen LogP contribution in [-0.4, -0.2) is 23.6 Å². The molecular formula is C22H15NO3S. The molecule has 4 rings (SSSR count). The summed E-state index contributed by atoms with van der Waals surface area (Å²) in [7, 11) is 0. The van der Waals surface area contributed by atoms with Gasteiger partial charge in [0.15, 0.2) is 11.9 Å². The summed E-state index contributed by atoms with van der Waals surface area (Å²) < 4.78 is 5.00. The lowest BCUT2D eigenvalue weighted by Gasteiger charge is -2.21. The molecule has 1 aliphatic carbocycles. The maximum atomic E-state index is 12.9. The van der Waals surface area contributed by atoms with E-state index in [1.165, 1.54) is 18.7 Å². The lowest BCUT2D eigenvalue weighted by Crippen LogP contribution is -2.14. The summed E-state index contributed by atoms with van der Waals surface area (Å²) in [5, 5.41) is 10.6. The first-order chi connectivity index (χ1) is 13.1. The number of thioether (sulfide) groups is 1. The van der Waals surface area contributed by atoms with Crippen molar-refractivity contribution in [2.45, 2.75) is 17.9 Å². The van der Waals surface area contributed by atoms with Crippen LogP contribution in [-0.2, 0) is 9.53 Å². The largest absolute Gasteiger partial charge is 0.447 e. The molecular weight excluding hydrogens is 358 g/mol. The van der Waals surface area contributed by atoms with E-state index in [9.17, 15) is 9.59 Å². The van der Waals surface area contributed by atoms with E-state index in [4.69, 9.17) is 10.00 Å². The summed E-state index contributed by atoms with van der Waals surface area (Å²) >= 11 is 1.35. The Morgan fingerprint density at radius 3 is 2.56 bits per heavy atom. The van der Waals surface area contributed by atoms with Gasteiger partial charge < -0.3 is 4.74 Å². The molecule has 5 heteroatoms. The third-order valence-corrected chi connectivity index (χ3v) is 5.59. The predicted molar refractivity (Wildman–Crippen MR) is 105 cm³/mol. The van der Waals surface area contributed by atoms with E-state index in [0.29, 0.717) is 11.1 Å². The summed E-state index contributed by atoms with van der Waals surface area (Å²) in [6, 6.07) is 19.2. The molecule has 4 nitrogen and oxygen atoms in total. The molecule has 0 saturated carbocycles. The fourth-order valence-corrected chi connectivity index (χ4v) is 4.21. The number of hydrogen-bond donors (Lipinski definition) is 0. The Hall–Kier alpha value is -3.10. The second-order valence-corrected chi connectivity index (χ2v) is 7.28. The zero-order valence-corrected chi connectivity index (χ0v) is 15.4. The molecule has 0 heterocycles. The van der Waals surface area contributed by atoms with Crippen LogP contribution in [0.5, 0.6) is 0 Å². The number of ether oxygens (including phenoxy) is 1. The van der Waals surface area contributed by atoms with Crippen LogP contribution >= 0.6 is 11.8 Å². The second kappa shape index (κ2) is 6.90. The average molecular weight is 373 g/mol. The molecule has 3 aromatic rings. The van der Waals surface area contributed by atoms with Crippen LogP contribution in [0.3, 0.4) is 0 Å². The number of nitrogens with zero attached hydrogens (tertiary/aromatic N) is 1. The maximum absolute atomic E-state index is 12.9. The van der Waals surface area contributed by atoms with E-state index in [1.54, 1.807) is 0 Å². The van der Waals surface area contributed by atoms with Crippen LogP contribution in [0.15, 0.2) is 59.5 Å². The van der Waals surface area contributed by atoms with Crippen LogP contribution < -0.4 is 0 Å². The van der Waals surface area contributed by atoms with Crippen molar-refractivity contribution in [2.24, 2.45) is 0 Å². The minimum absolute atomic E-state index is 0.0214. The summed E-state index contributed by atoms with van der Waals surface area (Å²) in [4.78, 5) is 25.7. The minimum atomic E-state index is -0.761. The van der Waals surface area contributed by atoms with Gasteiger partial charge in [-0.2, -0.15) is 5.26 Å². The monoisotopic (exact) mass is 373 g/mol. The maximum Gasteiger partial charge on any atom is 0.317 e. The minimum Gasteiger partial charge on any atom is -0.447 e. The molecule has 3 aromatic carbocycles. The van der Waals surface area contributed by atoms with Crippen molar-refractivity contribution < 1.29 is 14.3 Å². The summed E-state index contributed by atoms with van der Waals surface area (Å²) in [5.41, 5.74) is 3.36. The lowest BCUT2D eigenvalue weighted by molar-refractivity contribution is -0.142. The Morgan fingerprint density at radius 1 is 1.04 bits per heavy atom. The van der Waals surface area contributed by atoms with Crippen molar-refractivity contribution in [3.63, 3.8) is 0 Å². The molecule has 0 aliphatic heterocycles. The fraction of sp³-hybridized carbons (Fsp3) is 0.136. The zero-order chi connectivity index (χ0) is 19.0. The van der Waals surface area contributed by atoms with Gasteiger partial charge in [-0.05, 0) is 29.5 Å². The first kappa shape index (κ1) is 17.3. The van der Waals surface area contributed by atoms with Gasteiger partial charge in [0.2, 0.25) is 0 Å². The van der Waals surface area contributed by atoms with Crippen LogP contribution in [0.25, 0.3) is 21.9 Å². The topological polar surface area (TPSA) is 67.2 Å². The number of rotatable bonds is 4. The van der Waals surface area contributed by atoms with E-state index >= 15 is 0 Å². The van der Waals surface area contributed by atoms with Gasteiger partial charge in [-0.15, -0.1) is 11.8 Å². The number of carbonyl (C=O) groups is 2. The first-order valence-electron chi connectivity index (χ1n) is 8.52. The lowest BCUT2D eigenvalue weighted by atomic mass is 9.83. The van der Waals surface area contributed by atoms with Crippen molar-refractivity contribution in [1.82, 2.24) is 0 Å². The van der Waals surface area contributed by atoms with Crippen molar-refractivity contribution in [1.29, 1.82) is 5.26 Å². The molecule has 0 amide bonds. The average Bonchev–Trinajstić information content (AvgIpc) is 2.70. The number of ketones is 1. The third-order valence-electron chi connectivity index (χ3n) is 4.54. The molecule has 0 fully saturated rings. The number of nitriles is 1. The fourth-order valence-electron chi connectivity index (χ4n) is 3.37. The molecule has 0 unspecified atom stereocenters. The zero-order valence-electron chi connectivity index (χ0n) is 14.6. The van der Waals surface area contributed by atoms with Gasteiger partial charge in [-0.3, -0.25) is 9.59 Å². The summed E-state index contributed by atoms with van der Waals surface area (Å²) in [6.45, 7) is 1.54. The van der Waals surface area contributed by atoms with Gasteiger partial charge in [0.25, 0.3) is 0 Å². The van der Waals surface area contributed by atoms with Gasteiger partial charge >= 0.3 is 5.97 Å². The third kappa shape index (κ3) is 2.98. The molecule has 0 radical (unpaired) electrons. The molecule has 132 valence electrons. The predicted octanol–water partition coefficient (Wildman–Crippen LogP) is 4.60. The second-order valence-electron chi connectivity index (χ2n) is 6.26. The number of benzene rings is 3. The first-order valence-corrected chi connectivity index (χ1v) is 9.50. The van der Waals surface area contributed by atoms with Gasteiger partial charge in [0.1, 0.15) is 6.07 Å². The number of esters is 1. The van der Waals surface area contributed by atoms with Crippen LogP contribution in [0.2, 0.25) is 0 Å². The standard InChI is InChI=1S/C22H15NO3S/c1-13(11-23)26-20(24)12-27-19-10-9-15-14-5-2-3-6-16(14)22(25)18-8-4-7-17(19)21(15)18/h2-10,13H,12H2,1H3/t13-/m1/s1. The highest BCUT2D eigenvalue weighted by Crippen LogP contribution is 2.42. The van der Waals surface area contributed by atoms with Gasteiger partial charge in [0.05, 0.1) is 5.75 Å². The smallest absolute Gasteiger partial charge is 0.317 e. The van der Waals surface area contributed by atoms with Crippen LogP contribution in [0, 0.1) is 11.3 Å². The van der Waals surface area contributed by atoms with E-state index in [0.717, 1.165) is 26.8 Å². The Morgan fingerprint density at radius 2 is 1.78 bits per heavy atom. The van der Waals surface area contributed by atoms with E-state index in [1.807, 2.05) is 60.7 Å². The normalized spacial score (nSPS) is 13.0.